The van der Waals surface area contributed by atoms with Crippen LogP contribution >= 0.6 is 11.3 Å². The molecule has 0 radical (unpaired) electrons. The normalized spacial score (nSPS) is 14.2. The smallest absolute Gasteiger partial charge is 0.417 e. The van der Waals surface area contributed by atoms with Gasteiger partial charge in [-0.1, -0.05) is 44.9 Å². The van der Waals surface area contributed by atoms with Crippen molar-refractivity contribution in [3.8, 4) is 0 Å². The van der Waals surface area contributed by atoms with Gasteiger partial charge in [0.05, 0.1) is 44.2 Å². The number of hydrogen-bond acceptors (Lipinski definition) is 8. The van der Waals surface area contributed by atoms with E-state index in [0.29, 0.717) is 42.1 Å². The zero-order valence-electron chi connectivity index (χ0n) is 25.7. The van der Waals surface area contributed by atoms with E-state index in [1.165, 1.54) is 22.2 Å². The molecule has 0 bridgehead atoms. The van der Waals surface area contributed by atoms with Gasteiger partial charge in [0, 0.05) is 5.56 Å². The Bertz CT molecular complexity index is 1730. The maximum Gasteiger partial charge on any atom is 0.417 e. The lowest BCUT2D eigenvalue weighted by Gasteiger charge is -2.33. The highest BCUT2D eigenvalue weighted by Gasteiger charge is 2.44. The van der Waals surface area contributed by atoms with Crippen molar-refractivity contribution in [2.24, 2.45) is 5.92 Å². The minimum absolute atomic E-state index is 0.154. The number of halogens is 6. The summed E-state index contributed by atoms with van der Waals surface area (Å²) in [6.07, 6.45) is -7.90. The summed E-state index contributed by atoms with van der Waals surface area (Å²) >= 11 is 1.43. The van der Waals surface area contributed by atoms with Crippen LogP contribution in [0.1, 0.15) is 90.5 Å². The fraction of sp³-hybridized carbons (Fsp3) is 0.419. The first-order valence-corrected chi connectivity index (χ1v) is 15.4. The van der Waals surface area contributed by atoms with Gasteiger partial charge >= 0.3 is 18.3 Å². The Balaban J connectivity index is 1.57. The van der Waals surface area contributed by atoms with E-state index in [9.17, 15) is 40.7 Å². The number of Topliss-reactive ketones (excluding diaryl/α,β-unsaturated/α-hetero) is 1. The zero-order chi connectivity index (χ0) is 34.7. The van der Waals surface area contributed by atoms with E-state index in [2.05, 4.69) is 20.6 Å². The molecule has 0 saturated carbocycles. The molecule has 1 N–H and O–H groups in total. The zero-order valence-corrected chi connectivity index (χ0v) is 26.5. The van der Waals surface area contributed by atoms with Gasteiger partial charge in [-0.25, -0.2) is 14.5 Å². The number of ether oxygens (including phenoxy) is 1. The molecule has 16 heteroatoms. The topological polar surface area (TPSA) is 116 Å². The van der Waals surface area contributed by atoms with Gasteiger partial charge in [0.15, 0.2) is 12.4 Å². The molecule has 0 fully saturated rings. The molecule has 0 aliphatic heterocycles. The molecule has 0 aliphatic carbocycles. The number of nitrogens with zero attached hydrogens (tertiary/aromatic N) is 4. The Morgan fingerprint density at radius 2 is 1.68 bits per heavy atom. The third-order valence-electron chi connectivity index (χ3n) is 7.91. The number of rotatable bonds is 12. The van der Waals surface area contributed by atoms with E-state index < -0.39 is 64.9 Å². The van der Waals surface area contributed by atoms with Crippen LogP contribution in [-0.4, -0.2) is 44.2 Å². The number of ketones is 1. The van der Waals surface area contributed by atoms with Crippen molar-refractivity contribution < 1.29 is 45.5 Å². The summed E-state index contributed by atoms with van der Waals surface area (Å²) in [5.74, 6) is -3.42. The lowest BCUT2D eigenvalue weighted by Crippen LogP contribution is -2.47. The number of carbonyl (C=O) groups is 3. The van der Waals surface area contributed by atoms with Gasteiger partial charge < -0.3 is 10.1 Å². The Morgan fingerprint density at radius 1 is 1.02 bits per heavy atom. The Hall–Kier alpha value is -4.34. The van der Waals surface area contributed by atoms with Gasteiger partial charge in [-0.3, -0.25) is 9.59 Å². The average molecular weight is 684 g/mol. The van der Waals surface area contributed by atoms with Gasteiger partial charge in [-0.05, 0) is 49.6 Å². The van der Waals surface area contributed by atoms with Crippen molar-refractivity contribution in [1.82, 2.24) is 25.3 Å². The quantitative estimate of drug-likeness (QED) is 0.122. The van der Waals surface area contributed by atoms with Crippen LogP contribution in [0.3, 0.4) is 0 Å². The van der Waals surface area contributed by atoms with Gasteiger partial charge in [-0.15, -0.1) is 16.4 Å². The summed E-state index contributed by atoms with van der Waals surface area (Å²) in [7, 11) is 0. The third-order valence-corrected chi connectivity index (χ3v) is 8.72. The molecular formula is C31H31F6N5O4S. The molecule has 0 aliphatic rings. The largest absolute Gasteiger partial charge is 0.454 e. The minimum Gasteiger partial charge on any atom is -0.454 e. The number of nitrogens with one attached hydrogen (secondary N) is 1. The molecule has 2 aromatic carbocycles. The summed E-state index contributed by atoms with van der Waals surface area (Å²) in [6.45, 7) is 6.14. The van der Waals surface area contributed by atoms with Crippen molar-refractivity contribution in [2.45, 2.75) is 70.9 Å². The van der Waals surface area contributed by atoms with Crippen molar-refractivity contribution in [3.63, 3.8) is 0 Å². The van der Waals surface area contributed by atoms with E-state index in [4.69, 9.17) is 4.74 Å². The van der Waals surface area contributed by atoms with Crippen molar-refractivity contribution in [2.75, 3.05) is 6.61 Å². The van der Waals surface area contributed by atoms with Crippen LogP contribution in [0, 0.1) is 5.92 Å². The van der Waals surface area contributed by atoms with Crippen LogP contribution in [0.2, 0.25) is 0 Å². The summed E-state index contributed by atoms with van der Waals surface area (Å²) in [4.78, 5) is 43.5. The third kappa shape index (κ3) is 7.80. The molecule has 0 unspecified atom stereocenters. The molecule has 0 spiro atoms. The Labute approximate surface area is 269 Å². The molecule has 9 nitrogen and oxygen atoms in total. The first kappa shape index (κ1) is 35.5. The summed E-state index contributed by atoms with van der Waals surface area (Å²) < 4.78 is 88.2. The van der Waals surface area contributed by atoms with Crippen LogP contribution in [-0.2, 0) is 27.4 Å². The molecule has 2 atom stereocenters. The molecule has 4 aromatic rings. The van der Waals surface area contributed by atoms with Crippen LogP contribution in [0.25, 0.3) is 10.2 Å². The first-order chi connectivity index (χ1) is 22.0. The predicted molar refractivity (Wildman–Crippen MR) is 160 cm³/mol. The highest BCUT2D eigenvalue weighted by atomic mass is 32.1. The summed E-state index contributed by atoms with van der Waals surface area (Å²) in [5.41, 5.74) is -3.52. The highest BCUT2D eigenvalue weighted by Crippen LogP contribution is 2.40. The summed E-state index contributed by atoms with van der Waals surface area (Å²) in [5, 5.41) is 11.3. The first-order valence-electron chi connectivity index (χ1n) is 14.5. The number of unbranched alkanes of at least 4 members (excludes halogenated alkanes) is 1. The molecule has 4 rings (SSSR count). The highest BCUT2D eigenvalue weighted by molar-refractivity contribution is 7.16. The average Bonchev–Trinajstić information content (AvgIpc) is 3.69. The summed E-state index contributed by atoms with van der Waals surface area (Å²) in [6, 6.07) is 5.18. The number of benzene rings is 2. The molecular weight excluding hydrogens is 652 g/mol. The number of aromatic nitrogens is 4. The van der Waals surface area contributed by atoms with E-state index in [1.807, 2.05) is 20.8 Å². The Morgan fingerprint density at radius 3 is 2.28 bits per heavy atom. The number of thiazole rings is 1. The predicted octanol–water partition coefficient (Wildman–Crippen LogP) is 7.38. The van der Waals surface area contributed by atoms with Gasteiger partial charge in [0.2, 0.25) is 0 Å². The minimum atomic E-state index is -5.30. The van der Waals surface area contributed by atoms with E-state index in [-0.39, 0.29) is 18.0 Å². The molecule has 2 heterocycles. The van der Waals surface area contributed by atoms with E-state index >= 15 is 0 Å². The van der Waals surface area contributed by atoms with Crippen molar-refractivity contribution >= 4 is 39.2 Å². The molecule has 47 heavy (non-hydrogen) atoms. The van der Waals surface area contributed by atoms with Crippen LogP contribution < -0.4 is 5.32 Å². The fourth-order valence-corrected chi connectivity index (χ4v) is 5.53. The molecule has 252 valence electrons. The Kier molecular flexibility index (Phi) is 10.4. The van der Waals surface area contributed by atoms with Crippen LogP contribution in [0.5, 0.6) is 0 Å². The fourth-order valence-electron chi connectivity index (χ4n) is 4.87. The number of fused-ring (bicyclic) bond motifs is 1. The van der Waals surface area contributed by atoms with Crippen LogP contribution in [0.4, 0.5) is 26.3 Å². The van der Waals surface area contributed by atoms with Gasteiger partial charge in [0.1, 0.15) is 11.7 Å². The van der Waals surface area contributed by atoms with Crippen molar-refractivity contribution in [1.29, 1.82) is 0 Å². The number of amides is 1. The monoisotopic (exact) mass is 683 g/mol. The van der Waals surface area contributed by atoms with Crippen LogP contribution in [0.15, 0.2) is 48.1 Å². The molecule has 1 amide bonds. The van der Waals surface area contributed by atoms with Crippen molar-refractivity contribution in [3.05, 3.63) is 76.1 Å². The van der Waals surface area contributed by atoms with Gasteiger partial charge in [0.25, 0.3) is 5.91 Å². The van der Waals surface area contributed by atoms with Gasteiger partial charge in [-0.2, -0.15) is 26.3 Å². The number of alkyl halides is 6. The SMILES string of the molecule is CCCC[C@@H](C(=O)COC(=O)c1c(C(F)(F)F)cccc1C(F)(F)F)n1cc([C@@](C)(NC(=O)c2ccc3scnc3c2)C(C)C)nn1. The lowest BCUT2D eigenvalue weighted by molar-refractivity contribution is -0.144. The number of esters is 1. The second-order valence-corrected chi connectivity index (χ2v) is 12.2. The standard InChI is InChI=1S/C31H31F6N5O4S/c1-5-6-10-22(23(43)15-46-28(45)26-19(30(32,33)34)8-7-9-20(26)31(35,36)37)42-14-25(40-41-42)29(4,17(2)3)39-27(44)18-11-12-24-21(13-18)38-16-47-24/h7-9,11-14,16-17,22H,5-6,10,15H2,1-4H3,(H,39,44)/t22-,29-/m0/s1. The lowest BCUT2D eigenvalue weighted by atomic mass is 9.85. The second-order valence-electron chi connectivity index (χ2n) is 11.4. The second kappa shape index (κ2) is 13.8. The molecule has 0 saturated heterocycles. The van der Waals surface area contributed by atoms with E-state index in [0.717, 1.165) is 4.70 Å². The number of hydrogen-bond donors (Lipinski definition) is 1. The maximum atomic E-state index is 13.6. The maximum absolute atomic E-state index is 13.6. The molecule has 2 aromatic heterocycles. The van der Waals surface area contributed by atoms with E-state index in [1.54, 1.807) is 30.6 Å². The number of carbonyl (C=O) groups excluding carboxylic acids is 3.